The number of methoxy groups -OCH3 is 1. The number of ether oxygens (including phenoxy) is 1. The van der Waals surface area contributed by atoms with Gasteiger partial charge in [0.2, 0.25) is 5.88 Å². The predicted octanol–water partition coefficient (Wildman–Crippen LogP) is 3.81. The summed E-state index contributed by atoms with van der Waals surface area (Å²) in [6, 6.07) is 16.7. The number of nitrogens with zero attached hydrogens (tertiary/aromatic N) is 4. The van der Waals surface area contributed by atoms with Gasteiger partial charge in [0.1, 0.15) is 10.8 Å². The molecule has 168 valence electrons. The molecule has 0 aliphatic heterocycles. The number of rotatable bonds is 8. The zero-order valence-corrected chi connectivity index (χ0v) is 19.0. The number of hydrogen-bond acceptors (Lipinski definition) is 7. The Bertz CT molecular complexity index is 1340. The molecule has 0 saturated heterocycles. The summed E-state index contributed by atoms with van der Waals surface area (Å²) >= 11 is 1.24. The Kier molecular flexibility index (Phi) is 6.69. The molecule has 2 heterocycles. The molecule has 9 heteroatoms. The van der Waals surface area contributed by atoms with E-state index in [0.717, 1.165) is 21.6 Å². The summed E-state index contributed by atoms with van der Waals surface area (Å²) in [4.78, 5) is 29.6. The lowest BCUT2D eigenvalue weighted by molar-refractivity contribution is -0.136. The van der Waals surface area contributed by atoms with Crippen molar-refractivity contribution in [3.8, 4) is 17.0 Å². The molecule has 8 nitrogen and oxygen atoms in total. The highest BCUT2D eigenvalue weighted by Crippen LogP contribution is 2.29. The molecule has 0 radical (unpaired) electrons. The van der Waals surface area contributed by atoms with Crippen molar-refractivity contribution < 1.29 is 14.6 Å². The van der Waals surface area contributed by atoms with Crippen LogP contribution in [0.5, 0.6) is 5.88 Å². The van der Waals surface area contributed by atoms with Crippen molar-refractivity contribution in [2.45, 2.75) is 30.0 Å². The van der Waals surface area contributed by atoms with Crippen molar-refractivity contribution >= 4 is 28.6 Å². The van der Waals surface area contributed by atoms with E-state index in [1.165, 1.54) is 16.4 Å². The lowest BCUT2D eigenvalue weighted by atomic mass is 10.1. The molecular weight excluding hydrogens is 440 g/mol. The molecule has 1 atom stereocenters. The Morgan fingerprint density at radius 1 is 1.12 bits per heavy atom. The zero-order valence-electron chi connectivity index (χ0n) is 18.1. The van der Waals surface area contributed by atoms with Crippen molar-refractivity contribution in [3.05, 3.63) is 76.7 Å². The number of fused-ring (bicyclic) bond motifs is 1. The third-order valence-electron chi connectivity index (χ3n) is 5.25. The normalized spacial score (nSPS) is 11.9. The lowest BCUT2D eigenvalue weighted by Crippen LogP contribution is -2.27. The van der Waals surface area contributed by atoms with E-state index in [-0.39, 0.29) is 18.5 Å². The maximum atomic E-state index is 12.7. The molecule has 2 aromatic carbocycles. The highest BCUT2D eigenvalue weighted by Gasteiger charge is 2.20. The number of hydrogen-bond donors (Lipinski definition) is 1. The van der Waals surface area contributed by atoms with Gasteiger partial charge >= 0.3 is 5.97 Å². The quantitative estimate of drug-likeness (QED) is 0.394. The van der Waals surface area contributed by atoms with Gasteiger partial charge in [-0.25, -0.2) is 9.67 Å². The van der Waals surface area contributed by atoms with Crippen LogP contribution < -0.4 is 10.3 Å². The summed E-state index contributed by atoms with van der Waals surface area (Å²) in [5.41, 5.74) is 3.07. The Labute approximate surface area is 194 Å². The van der Waals surface area contributed by atoms with E-state index < -0.39 is 11.2 Å². The number of benzene rings is 2. The minimum absolute atomic E-state index is 0.162. The number of pyridine rings is 1. The van der Waals surface area contributed by atoms with Crippen molar-refractivity contribution in [1.29, 1.82) is 0 Å². The summed E-state index contributed by atoms with van der Waals surface area (Å²) in [6.45, 7) is 2.03. The van der Waals surface area contributed by atoms with Gasteiger partial charge < -0.3 is 9.84 Å². The molecule has 0 saturated carbocycles. The molecule has 4 aromatic rings. The fourth-order valence-corrected chi connectivity index (χ4v) is 4.37. The maximum absolute atomic E-state index is 12.7. The third-order valence-corrected chi connectivity index (χ3v) is 6.51. The molecule has 2 aromatic heterocycles. The van der Waals surface area contributed by atoms with Gasteiger partial charge in [0, 0.05) is 29.3 Å². The topological polar surface area (TPSA) is 107 Å². The van der Waals surface area contributed by atoms with Gasteiger partial charge in [-0.2, -0.15) is 0 Å². The minimum atomic E-state index is -0.943. The first-order valence-electron chi connectivity index (χ1n) is 10.3. The lowest BCUT2D eigenvalue weighted by Gasteiger charge is -2.13. The average molecular weight is 463 g/mol. The van der Waals surface area contributed by atoms with Gasteiger partial charge in [0.25, 0.3) is 5.56 Å². The average Bonchev–Trinajstić information content (AvgIpc) is 2.83. The summed E-state index contributed by atoms with van der Waals surface area (Å²) in [7, 11) is 1.57. The first-order chi connectivity index (χ1) is 16.0. The highest BCUT2D eigenvalue weighted by molar-refractivity contribution is 8.00. The van der Waals surface area contributed by atoms with Crippen molar-refractivity contribution in [2.24, 2.45) is 0 Å². The monoisotopic (exact) mass is 462 g/mol. The van der Waals surface area contributed by atoms with E-state index in [9.17, 15) is 14.7 Å². The molecule has 0 fully saturated rings. The van der Waals surface area contributed by atoms with E-state index in [1.54, 1.807) is 31.5 Å². The summed E-state index contributed by atoms with van der Waals surface area (Å²) in [5.74, 6) is -0.401. The second-order valence-electron chi connectivity index (χ2n) is 7.44. The van der Waals surface area contributed by atoms with E-state index in [0.29, 0.717) is 16.8 Å². The van der Waals surface area contributed by atoms with Crippen LogP contribution in [0.3, 0.4) is 0 Å². The number of carboxylic acids is 1. The Morgan fingerprint density at radius 3 is 2.55 bits per heavy atom. The standard InChI is InChI=1S/C24H22N4O4S/c1-15-4-3-5-19-22(15)26-27-28(23(19)29)13-12-20(24(30)31)33-18-9-6-16(7-10-18)17-8-11-21(32-2)25-14-17/h3-11,14,20H,12-13H2,1-2H3,(H,30,31). The van der Waals surface area contributed by atoms with Crippen LogP contribution in [0, 0.1) is 6.92 Å². The minimum Gasteiger partial charge on any atom is -0.481 e. The predicted molar refractivity (Wildman–Crippen MR) is 127 cm³/mol. The van der Waals surface area contributed by atoms with Crippen LogP contribution in [0.25, 0.3) is 22.0 Å². The molecule has 33 heavy (non-hydrogen) atoms. The van der Waals surface area contributed by atoms with E-state index in [4.69, 9.17) is 4.74 Å². The van der Waals surface area contributed by atoms with Crippen LogP contribution in [0.2, 0.25) is 0 Å². The van der Waals surface area contributed by atoms with E-state index >= 15 is 0 Å². The molecule has 0 amide bonds. The first kappa shape index (κ1) is 22.5. The number of aryl methyl sites for hydroxylation is 2. The smallest absolute Gasteiger partial charge is 0.317 e. The Hall–Kier alpha value is -3.72. The second kappa shape index (κ2) is 9.83. The summed E-state index contributed by atoms with van der Waals surface area (Å²) < 4.78 is 6.31. The number of aliphatic carboxylic acids is 1. The molecule has 0 aliphatic carbocycles. The van der Waals surface area contributed by atoms with Crippen LogP contribution in [-0.4, -0.2) is 43.4 Å². The van der Waals surface area contributed by atoms with Crippen LogP contribution in [0.15, 0.2) is 70.5 Å². The molecule has 1 N–H and O–H groups in total. The van der Waals surface area contributed by atoms with Crippen molar-refractivity contribution in [3.63, 3.8) is 0 Å². The molecular formula is C24H22N4O4S. The SMILES string of the molecule is COc1ccc(-c2ccc(SC(CCn3nnc4c(C)cccc4c3=O)C(=O)O)cc2)cn1. The van der Waals surface area contributed by atoms with Gasteiger partial charge in [0.15, 0.2) is 0 Å². The molecule has 4 rings (SSSR count). The fourth-order valence-electron chi connectivity index (χ4n) is 3.42. The van der Waals surface area contributed by atoms with Gasteiger partial charge in [-0.05, 0) is 48.7 Å². The largest absolute Gasteiger partial charge is 0.481 e. The van der Waals surface area contributed by atoms with Gasteiger partial charge in [0.05, 0.1) is 12.5 Å². The summed E-state index contributed by atoms with van der Waals surface area (Å²) in [5, 5.41) is 17.6. The van der Waals surface area contributed by atoms with Crippen LogP contribution in [0.1, 0.15) is 12.0 Å². The van der Waals surface area contributed by atoms with Crippen molar-refractivity contribution in [1.82, 2.24) is 20.0 Å². The zero-order chi connectivity index (χ0) is 23.4. The molecule has 0 bridgehead atoms. The Balaban J connectivity index is 1.46. The van der Waals surface area contributed by atoms with E-state index in [1.807, 2.05) is 43.3 Å². The number of carbonyl (C=O) groups is 1. The maximum Gasteiger partial charge on any atom is 0.317 e. The van der Waals surface area contributed by atoms with Gasteiger partial charge in [-0.3, -0.25) is 9.59 Å². The highest BCUT2D eigenvalue weighted by atomic mass is 32.2. The second-order valence-corrected chi connectivity index (χ2v) is 8.71. The first-order valence-corrected chi connectivity index (χ1v) is 11.2. The number of thioether (sulfide) groups is 1. The third kappa shape index (κ3) is 5.04. The van der Waals surface area contributed by atoms with E-state index in [2.05, 4.69) is 15.3 Å². The van der Waals surface area contributed by atoms with Crippen LogP contribution in [-0.2, 0) is 11.3 Å². The van der Waals surface area contributed by atoms with Crippen LogP contribution in [0.4, 0.5) is 0 Å². The van der Waals surface area contributed by atoms with Gasteiger partial charge in [-0.1, -0.05) is 29.5 Å². The van der Waals surface area contributed by atoms with Gasteiger partial charge in [-0.15, -0.1) is 16.9 Å². The van der Waals surface area contributed by atoms with Crippen molar-refractivity contribution in [2.75, 3.05) is 7.11 Å². The number of carboxylic acid groups (broad SMARTS) is 1. The molecule has 0 aliphatic rings. The van der Waals surface area contributed by atoms with Crippen LogP contribution >= 0.6 is 11.8 Å². The Morgan fingerprint density at radius 2 is 1.88 bits per heavy atom. The number of aromatic nitrogens is 4. The fraction of sp³-hybridized carbons (Fsp3) is 0.208. The molecule has 0 spiro atoms. The molecule has 1 unspecified atom stereocenters. The summed E-state index contributed by atoms with van der Waals surface area (Å²) in [6.07, 6.45) is 1.96.